The summed E-state index contributed by atoms with van der Waals surface area (Å²) in [5.74, 6) is -2.47. The van der Waals surface area contributed by atoms with Crippen LogP contribution in [0.15, 0.2) is 0 Å². The molecule has 0 aromatic heterocycles. The third-order valence-corrected chi connectivity index (χ3v) is 12.7. The van der Waals surface area contributed by atoms with Gasteiger partial charge in [-0.05, 0) is 76.7 Å². The zero-order valence-electron chi connectivity index (χ0n) is 40.2. The molecule has 1 aliphatic rings. The predicted molar refractivity (Wildman–Crippen MR) is 246 cm³/mol. The molecule has 0 aliphatic carbocycles. The van der Waals surface area contributed by atoms with Gasteiger partial charge in [0.2, 0.25) is 0 Å². The van der Waals surface area contributed by atoms with E-state index in [4.69, 9.17) is 18.9 Å². The fourth-order valence-electron chi connectivity index (χ4n) is 8.71. The smallest absolute Gasteiger partial charge is 0.332 e. The Morgan fingerprint density at radius 3 is 1.34 bits per heavy atom. The summed E-state index contributed by atoms with van der Waals surface area (Å²) in [6.07, 6.45) is 32.0. The summed E-state index contributed by atoms with van der Waals surface area (Å²) in [7, 11) is 1.66. The SMILES string of the molecule is CCCCCC(CCCCC)CCOC(=O)CCCCCCCC(CCCCCCCC(=O)OCCC(CCCCC)CCCCC)OC(=O)COC1CCN(C)CC1(F)F. The summed E-state index contributed by atoms with van der Waals surface area (Å²) in [6, 6.07) is 0. The van der Waals surface area contributed by atoms with Gasteiger partial charge in [0.15, 0.2) is 0 Å². The number of unbranched alkanes of at least 4 members (excludes halogenated alkanes) is 16. The molecule has 61 heavy (non-hydrogen) atoms. The fourth-order valence-corrected chi connectivity index (χ4v) is 8.71. The van der Waals surface area contributed by atoms with Crippen molar-refractivity contribution in [1.29, 1.82) is 0 Å². The Balaban J connectivity index is 2.41. The van der Waals surface area contributed by atoms with E-state index in [1.165, 1.54) is 103 Å². The monoisotopic (exact) mass is 872 g/mol. The van der Waals surface area contributed by atoms with E-state index in [9.17, 15) is 23.2 Å². The molecule has 1 rings (SSSR count). The number of alkyl halides is 2. The first-order valence-electron chi connectivity index (χ1n) is 25.7. The molecule has 8 nitrogen and oxygen atoms in total. The van der Waals surface area contributed by atoms with Crippen LogP contribution in [0, 0.1) is 11.8 Å². The zero-order valence-corrected chi connectivity index (χ0v) is 40.2. The summed E-state index contributed by atoms with van der Waals surface area (Å²) in [5.41, 5.74) is 0. The van der Waals surface area contributed by atoms with Crippen molar-refractivity contribution in [1.82, 2.24) is 4.90 Å². The van der Waals surface area contributed by atoms with Crippen LogP contribution in [-0.2, 0) is 33.3 Å². The van der Waals surface area contributed by atoms with Crippen molar-refractivity contribution in [2.75, 3.05) is 40.0 Å². The highest BCUT2D eigenvalue weighted by atomic mass is 19.3. The summed E-state index contributed by atoms with van der Waals surface area (Å²) in [6.45, 7) is 9.65. The highest BCUT2D eigenvalue weighted by Gasteiger charge is 2.44. The lowest BCUT2D eigenvalue weighted by molar-refractivity contribution is -0.184. The van der Waals surface area contributed by atoms with E-state index in [1.54, 1.807) is 11.9 Å². The minimum absolute atomic E-state index is 0.0947. The molecule has 0 spiro atoms. The minimum atomic E-state index is -3.00. The maximum absolute atomic E-state index is 14.5. The molecule has 1 fully saturated rings. The summed E-state index contributed by atoms with van der Waals surface area (Å²) in [4.78, 5) is 39.2. The molecule has 0 saturated carbocycles. The molecule has 0 aromatic rings. The van der Waals surface area contributed by atoms with Gasteiger partial charge in [-0.3, -0.25) is 9.59 Å². The fraction of sp³-hybridized carbons (Fsp3) is 0.941. The molecule has 0 bridgehead atoms. The highest BCUT2D eigenvalue weighted by Crippen LogP contribution is 2.29. The maximum Gasteiger partial charge on any atom is 0.332 e. The molecular weight excluding hydrogens is 777 g/mol. The van der Waals surface area contributed by atoms with Gasteiger partial charge in [-0.15, -0.1) is 0 Å². The van der Waals surface area contributed by atoms with Gasteiger partial charge in [0.25, 0.3) is 5.92 Å². The first-order chi connectivity index (χ1) is 29.5. The van der Waals surface area contributed by atoms with Crippen molar-refractivity contribution in [2.24, 2.45) is 11.8 Å². The Morgan fingerprint density at radius 1 is 0.541 bits per heavy atom. The van der Waals surface area contributed by atoms with E-state index in [2.05, 4.69) is 27.7 Å². The molecule has 1 unspecified atom stereocenters. The van der Waals surface area contributed by atoms with Gasteiger partial charge < -0.3 is 23.8 Å². The normalized spacial score (nSPS) is 15.5. The Hall–Kier alpha value is -1.81. The van der Waals surface area contributed by atoms with Crippen molar-refractivity contribution in [2.45, 2.75) is 258 Å². The number of carbonyl (C=O) groups is 3. The number of esters is 3. The predicted octanol–water partition coefficient (Wildman–Crippen LogP) is 14.1. The third-order valence-electron chi connectivity index (χ3n) is 12.7. The number of hydrogen-bond donors (Lipinski definition) is 0. The van der Waals surface area contributed by atoms with E-state index < -0.39 is 24.6 Å². The first-order valence-corrected chi connectivity index (χ1v) is 25.7. The van der Waals surface area contributed by atoms with Crippen LogP contribution < -0.4 is 0 Å². The number of ether oxygens (including phenoxy) is 4. The molecule has 1 aliphatic heterocycles. The number of halogens is 2. The van der Waals surface area contributed by atoms with Gasteiger partial charge in [-0.2, -0.15) is 0 Å². The topological polar surface area (TPSA) is 91.4 Å². The number of piperidine rings is 1. The minimum Gasteiger partial charge on any atom is -0.466 e. The zero-order chi connectivity index (χ0) is 44.8. The molecule has 1 saturated heterocycles. The van der Waals surface area contributed by atoms with Crippen LogP contribution in [0.3, 0.4) is 0 Å². The lowest BCUT2D eigenvalue weighted by Gasteiger charge is -2.36. The number of rotatable bonds is 42. The molecule has 360 valence electrons. The van der Waals surface area contributed by atoms with E-state index in [0.717, 1.165) is 77.0 Å². The molecule has 1 atom stereocenters. The van der Waals surface area contributed by atoms with Crippen LogP contribution in [-0.4, -0.2) is 80.9 Å². The summed E-state index contributed by atoms with van der Waals surface area (Å²) >= 11 is 0. The van der Waals surface area contributed by atoms with Crippen molar-refractivity contribution in [3.63, 3.8) is 0 Å². The average molecular weight is 872 g/mol. The van der Waals surface area contributed by atoms with Gasteiger partial charge in [-0.25, -0.2) is 13.6 Å². The Bertz CT molecular complexity index is 986. The Labute approximate surface area is 373 Å². The second-order valence-electron chi connectivity index (χ2n) is 18.5. The van der Waals surface area contributed by atoms with Crippen LogP contribution in [0.1, 0.15) is 240 Å². The largest absolute Gasteiger partial charge is 0.466 e. The molecule has 10 heteroatoms. The van der Waals surface area contributed by atoms with Crippen LogP contribution in [0.5, 0.6) is 0 Å². The Kier molecular flexibility index (Phi) is 36.2. The number of hydrogen-bond acceptors (Lipinski definition) is 8. The van der Waals surface area contributed by atoms with Crippen molar-refractivity contribution >= 4 is 17.9 Å². The third kappa shape index (κ3) is 32.5. The van der Waals surface area contributed by atoms with Crippen LogP contribution in [0.25, 0.3) is 0 Å². The number of nitrogens with zero attached hydrogens (tertiary/aromatic N) is 1. The first kappa shape index (κ1) is 57.2. The van der Waals surface area contributed by atoms with E-state index in [-0.39, 0.29) is 31.0 Å². The van der Waals surface area contributed by atoms with Gasteiger partial charge in [-0.1, -0.05) is 169 Å². The quantitative estimate of drug-likeness (QED) is 0.0340. The molecular formula is C51H95F2NO7. The maximum atomic E-state index is 14.5. The van der Waals surface area contributed by atoms with Crippen LogP contribution in [0.2, 0.25) is 0 Å². The van der Waals surface area contributed by atoms with E-state index >= 15 is 0 Å². The molecule has 0 aromatic carbocycles. The molecule has 0 N–H and O–H groups in total. The highest BCUT2D eigenvalue weighted by molar-refractivity contribution is 5.71. The average Bonchev–Trinajstić information content (AvgIpc) is 3.22. The lowest BCUT2D eigenvalue weighted by atomic mass is 9.92. The summed E-state index contributed by atoms with van der Waals surface area (Å²) in [5, 5.41) is 0. The molecule has 0 radical (unpaired) electrons. The van der Waals surface area contributed by atoms with Crippen molar-refractivity contribution < 1.29 is 42.1 Å². The number of likely N-dealkylation sites (tertiary alicyclic amines) is 1. The molecule has 1 heterocycles. The second kappa shape index (κ2) is 38.6. The molecule has 0 amide bonds. The second-order valence-corrected chi connectivity index (χ2v) is 18.5. The number of carbonyl (C=O) groups excluding carboxylic acids is 3. The lowest BCUT2D eigenvalue weighted by Crippen LogP contribution is -2.51. The van der Waals surface area contributed by atoms with Crippen LogP contribution >= 0.6 is 0 Å². The van der Waals surface area contributed by atoms with Crippen molar-refractivity contribution in [3.05, 3.63) is 0 Å². The standard InChI is InChI=1S/C51H95F2NO7/c1-6-10-20-28-44(29-21-11-7-2)37-40-58-48(55)34-26-18-14-16-24-32-46(61-50(57)42-60-47-36-39-54(5)43-51(47,52)53)33-25-17-15-19-27-35-49(56)59-41-38-45(30-22-12-8-3)31-23-13-9-4/h44-47H,6-43H2,1-5H3. The Morgan fingerprint density at radius 2 is 0.934 bits per heavy atom. The van der Waals surface area contributed by atoms with Gasteiger partial charge in [0.05, 0.1) is 19.8 Å². The van der Waals surface area contributed by atoms with Gasteiger partial charge in [0.1, 0.15) is 18.8 Å². The van der Waals surface area contributed by atoms with E-state index in [0.29, 0.717) is 57.3 Å². The van der Waals surface area contributed by atoms with Gasteiger partial charge >= 0.3 is 17.9 Å². The van der Waals surface area contributed by atoms with Gasteiger partial charge in [0, 0.05) is 19.4 Å². The summed E-state index contributed by atoms with van der Waals surface area (Å²) < 4.78 is 51.5. The van der Waals surface area contributed by atoms with E-state index in [1.807, 2.05) is 0 Å². The van der Waals surface area contributed by atoms with Crippen LogP contribution in [0.4, 0.5) is 8.78 Å². The van der Waals surface area contributed by atoms with Crippen molar-refractivity contribution in [3.8, 4) is 0 Å².